The van der Waals surface area contributed by atoms with Gasteiger partial charge >= 0.3 is 0 Å². The zero-order valence-electron chi connectivity index (χ0n) is 12.6. The summed E-state index contributed by atoms with van der Waals surface area (Å²) < 4.78 is 6.02. The molecule has 0 aliphatic carbocycles. The lowest BCUT2D eigenvalue weighted by Crippen LogP contribution is -1.93. The van der Waals surface area contributed by atoms with Crippen LogP contribution in [-0.2, 0) is 6.42 Å². The van der Waals surface area contributed by atoms with E-state index >= 15 is 0 Å². The van der Waals surface area contributed by atoms with Crippen molar-refractivity contribution in [2.45, 2.75) is 46.0 Å². The van der Waals surface area contributed by atoms with Gasteiger partial charge in [0.05, 0.1) is 0 Å². The number of benzene rings is 2. The Bertz CT molecular complexity index is 517. The van der Waals surface area contributed by atoms with E-state index in [1.54, 1.807) is 0 Å². The number of unbranched alkanes of at least 4 members (excludes halogenated alkanes) is 3. The van der Waals surface area contributed by atoms with E-state index in [9.17, 15) is 0 Å². The van der Waals surface area contributed by atoms with Crippen LogP contribution in [0.4, 0.5) is 0 Å². The Morgan fingerprint density at radius 1 is 0.900 bits per heavy atom. The van der Waals surface area contributed by atoms with Gasteiger partial charge < -0.3 is 4.74 Å². The maximum absolute atomic E-state index is 6.02. The van der Waals surface area contributed by atoms with Gasteiger partial charge in [0.15, 0.2) is 0 Å². The summed E-state index contributed by atoms with van der Waals surface area (Å²) in [5.41, 5.74) is 2.63. The standard InChI is InChI=1S/C19H24O/c1-3-4-5-7-10-17-15-16(2)13-14-19(17)20-18-11-8-6-9-12-18/h6,8-9,11-15H,3-5,7,10H2,1-2H3. The van der Waals surface area contributed by atoms with Crippen LogP contribution < -0.4 is 4.74 Å². The third-order valence-electron chi connectivity index (χ3n) is 3.49. The first kappa shape index (κ1) is 14.6. The molecule has 0 unspecified atom stereocenters. The van der Waals surface area contributed by atoms with Gasteiger partial charge in [0, 0.05) is 0 Å². The Morgan fingerprint density at radius 3 is 2.45 bits per heavy atom. The van der Waals surface area contributed by atoms with E-state index in [1.165, 1.54) is 36.8 Å². The van der Waals surface area contributed by atoms with Gasteiger partial charge in [-0.2, -0.15) is 0 Å². The van der Waals surface area contributed by atoms with Crippen molar-refractivity contribution < 1.29 is 4.74 Å². The highest BCUT2D eigenvalue weighted by Crippen LogP contribution is 2.27. The average Bonchev–Trinajstić information content (AvgIpc) is 2.47. The number of aryl methyl sites for hydroxylation is 2. The highest BCUT2D eigenvalue weighted by Gasteiger charge is 2.05. The van der Waals surface area contributed by atoms with Crippen LogP contribution in [0.25, 0.3) is 0 Å². The fourth-order valence-corrected chi connectivity index (χ4v) is 2.36. The molecular formula is C19H24O. The zero-order valence-corrected chi connectivity index (χ0v) is 12.6. The molecule has 1 nitrogen and oxygen atoms in total. The highest BCUT2D eigenvalue weighted by atomic mass is 16.5. The normalized spacial score (nSPS) is 10.5. The van der Waals surface area contributed by atoms with Crippen molar-refractivity contribution in [3.05, 3.63) is 59.7 Å². The van der Waals surface area contributed by atoms with Crippen LogP contribution in [0.5, 0.6) is 11.5 Å². The molecule has 0 atom stereocenters. The molecule has 0 aliphatic heterocycles. The van der Waals surface area contributed by atoms with E-state index < -0.39 is 0 Å². The van der Waals surface area contributed by atoms with Crippen molar-refractivity contribution in [1.29, 1.82) is 0 Å². The lowest BCUT2D eigenvalue weighted by Gasteiger charge is -2.12. The minimum absolute atomic E-state index is 0.908. The van der Waals surface area contributed by atoms with Crippen molar-refractivity contribution in [3.63, 3.8) is 0 Å². The maximum Gasteiger partial charge on any atom is 0.130 e. The summed E-state index contributed by atoms with van der Waals surface area (Å²) in [6.45, 7) is 4.39. The number of hydrogen-bond acceptors (Lipinski definition) is 1. The SMILES string of the molecule is CCCCCCc1cc(C)ccc1Oc1ccccc1. The van der Waals surface area contributed by atoms with Crippen LogP contribution in [0.15, 0.2) is 48.5 Å². The van der Waals surface area contributed by atoms with E-state index in [1.807, 2.05) is 30.3 Å². The van der Waals surface area contributed by atoms with Crippen LogP contribution in [0.2, 0.25) is 0 Å². The molecule has 2 aromatic carbocycles. The average molecular weight is 268 g/mol. The summed E-state index contributed by atoms with van der Waals surface area (Å²) in [7, 11) is 0. The molecule has 106 valence electrons. The molecule has 0 saturated heterocycles. The molecule has 0 bridgehead atoms. The molecule has 0 spiro atoms. The topological polar surface area (TPSA) is 9.23 Å². The number of ether oxygens (including phenoxy) is 1. The van der Waals surface area contributed by atoms with E-state index in [0.717, 1.165) is 17.9 Å². The predicted octanol–water partition coefficient (Wildman–Crippen LogP) is 5.91. The predicted molar refractivity (Wildman–Crippen MR) is 85.5 cm³/mol. The molecule has 0 saturated carbocycles. The largest absolute Gasteiger partial charge is 0.457 e. The quantitative estimate of drug-likeness (QED) is 0.567. The van der Waals surface area contributed by atoms with Gasteiger partial charge in [-0.25, -0.2) is 0 Å². The summed E-state index contributed by atoms with van der Waals surface area (Å²) in [4.78, 5) is 0. The molecule has 1 heteroatoms. The van der Waals surface area contributed by atoms with Gasteiger partial charge in [0.2, 0.25) is 0 Å². The number of rotatable bonds is 7. The monoisotopic (exact) mass is 268 g/mol. The molecule has 0 amide bonds. The summed E-state index contributed by atoms with van der Waals surface area (Å²) in [6.07, 6.45) is 6.24. The second kappa shape index (κ2) is 7.74. The summed E-state index contributed by atoms with van der Waals surface area (Å²) in [5, 5.41) is 0. The maximum atomic E-state index is 6.02. The third kappa shape index (κ3) is 4.41. The Kier molecular flexibility index (Phi) is 5.67. The Labute approximate surface area is 122 Å². The molecule has 0 heterocycles. The van der Waals surface area contributed by atoms with Crippen LogP contribution in [-0.4, -0.2) is 0 Å². The molecule has 0 N–H and O–H groups in total. The smallest absolute Gasteiger partial charge is 0.130 e. The van der Waals surface area contributed by atoms with Crippen molar-refractivity contribution in [3.8, 4) is 11.5 Å². The molecule has 0 aliphatic rings. The number of para-hydroxylation sites is 1. The molecule has 0 aromatic heterocycles. The van der Waals surface area contributed by atoms with Crippen molar-refractivity contribution in [2.75, 3.05) is 0 Å². The summed E-state index contributed by atoms with van der Waals surface area (Å²) >= 11 is 0. The van der Waals surface area contributed by atoms with Crippen LogP contribution in [0, 0.1) is 6.92 Å². The Balaban J connectivity index is 2.07. The van der Waals surface area contributed by atoms with Gasteiger partial charge in [0.1, 0.15) is 11.5 Å². The second-order valence-corrected chi connectivity index (χ2v) is 5.34. The van der Waals surface area contributed by atoms with Crippen LogP contribution in [0.3, 0.4) is 0 Å². The highest BCUT2D eigenvalue weighted by molar-refractivity contribution is 5.40. The zero-order chi connectivity index (χ0) is 14.2. The summed E-state index contributed by atoms with van der Waals surface area (Å²) in [6, 6.07) is 16.5. The molecule has 0 radical (unpaired) electrons. The van der Waals surface area contributed by atoms with Gasteiger partial charge in [0.25, 0.3) is 0 Å². The van der Waals surface area contributed by atoms with E-state index in [0.29, 0.717) is 0 Å². The molecule has 20 heavy (non-hydrogen) atoms. The lowest BCUT2D eigenvalue weighted by molar-refractivity contribution is 0.474. The van der Waals surface area contributed by atoms with Crippen LogP contribution >= 0.6 is 0 Å². The van der Waals surface area contributed by atoms with E-state index in [2.05, 4.69) is 32.0 Å². The fourth-order valence-electron chi connectivity index (χ4n) is 2.36. The molecule has 2 rings (SSSR count). The fraction of sp³-hybridized carbons (Fsp3) is 0.368. The van der Waals surface area contributed by atoms with E-state index in [4.69, 9.17) is 4.74 Å². The molecule has 2 aromatic rings. The van der Waals surface area contributed by atoms with Crippen molar-refractivity contribution in [2.24, 2.45) is 0 Å². The molecular weight excluding hydrogens is 244 g/mol. The second-order valence-electron chi connectivity index (χ2n) is 5.34. The summed E-state index contributed by atoms with van der Waals surface area (Å²) in [5.74, 6) is 1.91. The van der Waals surface area contributed by atoms with Crippen molar-refractivity contribution in [1.82, 2.24) is 0 Å². The first-order chi connectivity index (χ1) is 9.79. The lowest BCUT2D eigenvalue weighted by atomic mass is 10.0. The minimum Gasteiger partial charge on any atom is -0.457 e. The van der Waals surface area contributed by atoms with Gasteiger partial charge in [-0.3, -0.25) is 0 Å². The third-order valence-corrected chi connectivity index (χ3v) is 3.49. The first-order valence-electron chi connectivity index (χ1n) is 7.62. The van der Waals surface area contributed by atoms with Crippen molar-refractivity contribution >= 4 is 0 Å². The Morgan fingerprint density at radius 2 is 1.70 bits per heavy atom. The van der Waals surface area contributed by atoms with Crippen LogP contribution in [0.1, 0.15) is 43.7 Å². The minimum atomic E-state index is 0.908. The number of hydrogen-bond donors (Lipinski definition) is 0. The first-order valence-corrected chi connectivity index (χ1v) is 7.62. The van der Waals surface area contributed by atoms with Gasteiger partial charge in [-0.05, 0) is 43.5 Å². The Hall–Kier alpha value is -1.76. The van der Waals surface area contributed by atoms with Gasteiger partial charge in [-0.15, -0.1) is 0 Å². The van der Waals surface area contributed by atoms with Gasteiger partial charge in [-0.1, -0.05) is 62.1 Å². The molecule has 0 fully saturated rings. The van der Waals surface area contributed by atoms with E-state index in [-0.39, 0.29) is 0 Å².